The number of nitrogens with zero attached hydrogens (tertiary/aromatic N) is 1. The molecule has 1 aliphatic heterocycles. The number of piperazine rings is 1. The summed E-state index contributed by atoms with van der Waals surface area (Å²) in [4.78, 5) is 24.5. The summed E-state index contributed by atoms with van der Waals surface area (Å²) in [6, 6.07) is 4.33. The minimum Gasteiger partial charge on any atom is -0.507 e. The minimum atomic E-state index is -0.102. The van der Waals surface area contributed by atoms with Crippen LogP contribution in [0.15, 0.2) is 18.2 Å². The predicted molar refractivity (Wildman–Crippen MR) is 62.3 cm³/mol. The monoisotopic (exact) mass is 234 g/mol. The van der Waals surface area contributed by atoms with Gasteiger partial charge in [0.2, 0.25) is 0 Å². The summed E-state index contributed by atoms with van der Waals surface area (Å²) in [5, 5.41) is 12.5. The second-order valence-electron chi connectivity index (χ2n) is 3.93. The van der Waals surface area contributed by atoms with Gasteiger partial charge in [0.25, 0.3) is 5.91 Å². The lowest BCUT2D eigenvalue weighted by molar-refractivity contribution is 0.0736. The number of rotatable bonds is 2. The Balaban J connectivity index is 2.21. The summed E-state index contributed by atoms with van der Waals surface area (Å²) in [6.07, 6.45) is 0.546. The van der Waals surface area contributed by atoms with Crippen LogP contribution in [0, 0.1) is 0 Å². The van der Waals surface area contributed by atoms with E-state index in [2.05, 4.69) is 5.32 Å². The van der Waals surface area contributed by atoms with E-state index in [1.54, 1.807) is 4.90 Å². The third-order valence-electron chi connectivity index (χ3n) is 2.81. The van der Waals surface area contributed by atoms with Crippen LogP contribution in [0.1, 0.15) is 20.7 Å². The first-order chi connectivity index (χ1) is 8.22. The summed E-state index contributed by atoms with van der Waals surface area (Å²) in [7, 11) is 0. The standard InChI is InChI=1S/C12H14N2O3/c15-8-10-7-9(1-2-11(10)16)12(17)14-5-3-13-4-6-14/h1-2,7-8,13,16H,3-6H2. The van der Waals surface area contributed by atoms with E-state index in [0.29, 0.717) is 24.9 Å². The van der Waals surface area contributed by atoms with Crippen molar-refractivity contribution in [1.82, 2.24) is 10.2 Å². The first-order valence-electron chi connectivity index (χ1n) is 5.50. The normalized spacial score (nSPS) is 15.6. The molecule has 1 saturated heterocycles. The number of nitrogens with one attached hydrogen (secondary N) is 1. The Hall–Kier alpha value is -1.88. The molecular weight excluding hydrogens is 220 g/mol. The summed E-state index contributed by atoms with van der Waals surface area (Å²) < 4.78 is 0. The summed E-state index contributed by atoms with van der Waals surface area (Å²) in [5.74, 6) is -0.202. The molecular formula is C12H14N2O3. The van der Waals surface area contributed by atoms with Crippen LogP contribution < -0.4 is 5.32 Å². The average molecular weight is 234 g/mol. The third-order valence-corrected chi connectivity index (χ3v) is 2.81. The quantitative estimate of drug-likeness (QED) is 0.720. The highest BCUT2D eigenvalue weighted by molar-refractivity contribution is 5.96. The van der Waals surface area contributed by atoms with Gasteiger partial charge in [-0.25, -0.2) is 0 Å². The molecule has 0 unspecified atom stereocenters. The minimum absolute atomic E-state index is 0.100. The topological polar surface area (TPSA) is 69.6 Å². The van der Waals surface area contributed by atoms with Gasteiger partial charge in [0.15, 0.2) is 6.29 Å². The maximum atomic E-state index is 12.1. The first-order valence-corrected chi connectivity index (χ1v) is 5.50. The molecule has 2 N–H and O–H groups in total. The van der Waals surface area contributed by atoms with Gasteiger partial charge in [-0.15, -0.1) is 0 Å². The van der Waals surface area contributed by atoms with Gasteiger partial charge in [0.1, 0.15) is 5.75 Å². The molecule has 1 amide bonds. The largest absolute Gasteiger partial charge is 0.507 e. The van der Waals surface area contributed by atoms with Gasteiger partial charge in [0, 0.05) is 31.7 Å². The number of hydrogen-bond donors (Lipinski definition) is 2. The molecule has 1 aromatic carbocycles. The van der Waals surface area contributed by atoms with Crippen LogP contribution in [0.25, 0.3) is 0 Å². The summed E-state index contributed by atoms with van der Waals surface area (Å²) in [5.41, 5.74) is 0.581. The Labute approximate surface area is 99.0 Å². The number of carbonyl (C=O) groups is 2. The molecule has 0 aliphatic carbocycles. The lowest BCUT2D eigenvalue weighted by atomic mass is 10.1. The van der Waals surface area contributed by atoms with Gasteiger partial charge in [-0.3, -0.25) is 9.59 Å². The van der Waals surface area contributed by atoms with Crippen LogP contribution in [0.4, 0.5) is 0 Å². The number of aldehydes is 1. The maximum Gasteiger partial charge on any atom is 0.253 e. The molecule has 0 spiro atoms. The van der Waals surface area contributed by atoms with Gasteiger partial charge in [-0.05, 0) is 18.2 Å². The number of phenolic OH excluding ortho intramolecular Hbond substituents is 1. The highest BCUT2D eigenvalue weighted by atomic mass is 16.3. The van der Waals surface area contributed by atoms with Crippen molar-refractivity contribution in [2.75, 3.05) is 26.2 Å². The van der Waals surface area contributed by atoms with Gasteiger partial charge < -0.3 is 15.3 Å². The Morgan fingerprint density at radius 2 is 2.06 bits per heavy atom. The van der Waals surface area contributed by atoms with Gasteiger partial charge in [-0.2, -0.15) is 0 Å². The Morgan fingerprint density at radius 1 is 1.35 bits per heavy atom. The predicted octanol–water partition coefficient (Wildman–Crippen LogP) is 0.250. The van der Waals surface area contributed by atoms with E-state index >= 15 is 0 Å². The molecule has 0 radical (unpaired) electrons. The van der Waals surface area contributed by atoms with Crippen LogP contribution in [0.5, 0.6) is 5.75 Å². The Bertz CT molecular complexity index is 439. The molecule has 2 rings (SSSR count). The fourth-order valence-electron chi connectivity index (χ4n) is 1.83. The lowest BCUT2D eigenvalue weighted by Gasteiger charge is -2.27. The number of hydrogen-bond acceptors (Lipinski definition) is 4. The molecule has 1 aliphatic rings. The van der Waals surface area contributed by atoms with Gasteiger partial charge in [-0.1, -0.05) is 0 Å². The molecule has 0 bridgehead atoms. The molecule has 1 fully saturated rings. The van der Waals surface area contributed by atoms with E-state index in [4.69, 9.17) is 0 Å². The van der Waals surface area contributed by atoms with E-state index in [0.717, 1.165) is 13.1 Å². The molecule has 17 heavy (non-hydrogen) atoms. The number of aromatic hydroxyl groups is 1. The molecule has 0 atom stereocenters. The van der Waals surface area contributed by atoms with Crippen LogP contribution in [-0.4, -0.2) is 48.4 Å². The van der Waals surface area contributed by atoms with Crippen molar-refractivity contribution >= 4 is 12.2 Å². The third kappa shape index (κ3) is 2.45. The smallest absolute Gasteiger partial charge is 0.253 e. The van der Waals surface area contributed by atoms with E-state index in [1.807, 2.05) is 0 Å². The van der Waals surface area contributed by atoms with Crippen molar-refractivity contribution in [3.05, 3.63) is 29.3 Å². The summed E-state index contributed by atoms with van der Waals surface area (Å²) in [6.45, 7) is 2.89. The number of benzene rings is 1. The zero-order valence-corrected chi connectivity index (χ0v) is 9.35. The molecule has 5 nitrogen and oxygen atoms in total. The highest BCUT2D eigenvalue weighted by Crippen LogP contribution is 2.17. The van der Waals surface area contributed by atoms with Gasteiger partial charge >= 0.3 is 0 Å². The maximum absolute atomic E-state index is 12.1. The van der Waals surface area contributed by atoms with Crippen molar-refractivity contribution in [2.45, 2.75) is 0 Å². The highest BCUT2D eigenvalue weighted by Gasteiger charge is 2.18. The Morgan fingerprint density at radius 3 is 2.71 bits per heavy atom. The fourth-order valence-corrected chi connectivity index (χ4v) is 1.83. The van der Waals surface area contributed by atoms with E-state index in [9.17, 15) is 14.7 Å². The number of phenols is 1. The van der Waals surface area contributed by atoms with Crippen molar-refractivity contribution in [2.24, 2.45) is 0 Å². The SMILES string of the molecule is O=Cc1cc(C(=O)N2CCNCC2)ccc1O. The van der Waals surface area contributed by atoms with Crippen molar-refractivity contribution in [3.8, 4) is 5.75 Å². The average Bonchev–Trinajstić information content (AvgIpc) is 2.39. The van der Waals surface area contributed by atoms with Crippen molar-refractivity contribution in [1.29, 1.82) is 0 Å². The van der Waals surface area contributed by atoms with E-state index in [1.165, 1.54) is 18.2 Å². The van der Waals surface area contributed by atoms with Crippen molar-refractivity contribution < 1.29 is 14.7 Å². The van der Waals surface area contributed by atoms with Crippen LogP contribution in [-0.2, 0) is 0 Å². The molecule has 0 aromatic heterocycles. The molecule has 5 heteroatoms. The van der Waals surface area contributed by atoms with Crippen LogP contribution >= 0.6 is 0 Å². The molecule has 1 heterocycles. The zero-order chi connectivity index (χ0) is 12.3. The van der Waals surface area contributed by atoms with Crippen LogP contribution in [0.2, 0.25) is 0 Å². The number of amides is 1. The molecule has 1 aromatic rings. The molecule has 90 valence electrons. The second kappa shape index (κ2) is 4.97. The fraction of sp³-hybridized carbons (Fsp3) is 0.333. The Kier molecular flexibility index (Phi) is 3.39. The van der Waals surface area contributed by atoms with Crippen molar-refractivity contribution in [3.63, 3.8) is 0 Å². The number of carbonyl (C=O) groups excluding carboxylic acids is 2. The second-order valence-corrected chi connectivity index (χ2v) is 3.93. The first kappa shape index (κ1) is 11.6. The van der Waals surface area contributed by atoms with Crippen LogP contribution in [0.3, 0.4) is 0 Å². The van der Waals surface area contributed by atoms with Gasteiger partial charge in [0.05, 0.1) is 5.56 Å². The zero-order valence-electron chi connectivity index (χ0n) is 9.35. The molecule has 0 saturated carbocycles. The summed E-state index contributed by atoms with van der Waals surface area (Å²) >= 11 is 0. The van der Waals surface area contributed by atoms with E-state index in [-0.39, 0.29) is 17.2 Å². The van der Waals surface area contributed by atoms with E-state index < -0.39 is 0 Å². The lowest BCUT2D eigenvalue weighted by Crippen LogP contribution is -2.46.